The van der Waals surface area contributed by atoms with Gasteiger partial charge in [0, 0.05) is 11.8 Å². The average molecular weight is 421 g/mol. The first-order valence-electron chi connectivity index (χ1n) is 10.7. The van der Waals surface area contributed by atoms with Gasteiger partial charge in [0.05, 0.1) is 6.61 Å². The zero-order chi connectivity index (χ0) is 21.0. The molecule has 3 aliphatic carbocycles. The predicted octanol–water partition coefficient (Wildman–Crippen LogP) is 4.80. The van der Waals surface area contributed by atoms with Gasteiger partial charge in [0.2, 0.25) is 0 Å². The first kappa shape index (κ1) is 20.9. The first-order valence-corrected chi connectivity index (χ1v) is 12.1. The van der Waals surface area contributed by atoms with Gasteiger partial charge in [-0.2, -0.15) is 8.42 Å². The molecule has 4 atom stereocenters. The zero-order valence-corrected chi connectivity index (χ0v) is 18.7. The van der Waals surface area contributed by atoms with Gasteiger partial charge in [-0.1, -0.05) is 33.8 Å². The summed E-state index contributed by atoms with van der Waals surface area (Å²) in [7, 11) is -4.08. The van der Waals surface area contributed by atoms with Crippen molar-refractivity contribution in [2.24, 2.45) is 22.7 Å². The molecule has 1 aromatic rings. The van der Waals surface area contributed by atoms with Crippen molar-refractivity contribution in [1.29, 1.82) is 0 Å². The van der Waals surface area contributed by atoms with E-state index in [0.29, 0.717) is 29.3 Å². The Morgan fingerprint density at radius 2 is 1.90 bits per heavy atom. The molecule has 0 aliphatic heterocycles. The smallest absolute Gasteiger partial charge is 0.362 e. The number of benzene rings is 1. The average Bonchev–Trinajstić information content (AvgIpc) is 2.94. The Balaban J connectivity index is 1.51. The normalized spacial score (nSPS) is 31.7. The van der Waals surface area contributed by atoms with Gasteiger partial charge in [-0.25, -0.2) is 4.18 Å². The van der Waals surface area contributed by atoms with Crippen molar-refractivity contribution < 1.29 is 21.6 Å². The fraction of sp³-hybridized carbons (Fsp3) is 0.696. The number of Topliss-reactive ketones (excluding diaryl/α,β-unsaturated/α-hetero) is 1. The van der Waals surface area contributed by atoms with Gasteiger partial charge in [0.1, 0.15) is 11.5 Å². The maximum Gasteiger partial charge on any atom is 0.449 e. The number of rotatable bonds is 4. The molecule has 0 amide bonds. The van der Waals surface area contributed by atoms with Gasteiger partial charge in [-0.05, 0) is 78.5 Å². The summed E-state index contributed by atoms with van der Waals surface area (Å²) in [6.45, 7) is 7.97. The molecule has 0 radical (unpaired) electrons. The fourth-order valence-corrected chi connectivity index (χ4v) is 6.66. The quantitative estimate of drug-likeness (QED) is 0.700. The van der Waals surface area contributed by atoms with Crippen LogP contribution in [0.4, 0.5) is 0 Å². The highest BCUT2D eigenvalue weighted by Gasteiger charge is 2.54. The van der Waals surface area contributed by atoms with Crippen LogP contribution in [-0.2, 0) is 25.8 Å². The second-order valence-electron chi connectivity index (χ2n) is 10.5. The third kappa shape index (κ3) is 3.98. The van der Waals surface area contributed by atoms with Crippen LogP contribution in [-0.4, -0.2) is 20.8 Å². The van der Waals surface area contributed by atoms with Gasteiger partial charge in [0.25, 0.3) is 0 Å². The van der Waals surface area contributed by atoms with Crippen molar-refractivity contribution in [3.05, 3.63) is 29.3 Å². The molecule has 5 nitrogen and oxygen atoms in total. The maximum atomic E-state index is 12.5. The van der Waals surface area contributed by atoms with Crippen LogP contribution in [0.15, 0.2) is 18.2 Å². The second kappa shape index (κ2) is 7.09. The summed E-state index contributed by atoms with van der Waals surface area (Å²) in [5, 5.41) is 0. The minimum atomic E-state index is -4.08. The molecule has 0 bridgehead atoms. The third-order valence-corrected chi connectivity index (χ3v) is 8.04. The molecule has 0 unspecified atom stereocenters. The van der Waals surface area contributed by atoms with E-state index in [1.54, 1.807) is 6.07 Å². The van der Waals surface area contributed by atoms with E-state index in [4.69, 9.17) is 8.37 Å². The lowest BCUT2D eigenvalue weighted by Gasteiger charge is -2.48. The van der Waals surface area contributed by atoms with Crippen LogP contribution in [0, 0.1) is 22.7 Å². The molecule has 6 heteroatoms. The molecule has 160 valence electrons. The summed E-state index contributed by atoms with van der Waals surface area (Å²) in [5.41, 5.74) is 2.09. The van der Waals surface area contributed by atoms with Gasteiger partial charge in [-0.3, -0.25) is 4.79 Å². The molecule has 0 N–H and O–H groups in total. The predicted molar refractivity (Wildman–Crippen MR) is 111 cm³/mol. The highest BCUT2D eigenvalue weighted by atomic mass is 32.3. The summed E-state index contributed by atoms with van der Waals surface area (Å²) in [4.78, 5) is 12.5. The van der Waals surface area contributed by atoms with Crippen molar-refractivity contribution in [2.45, 2.75) is 72.1 Å². The van der Waals surface area contributed by atoms with E-state index >= 15 is 0 Å². The van der Waals surface area contributed by atoms with E-state index in [1.165, 1.54) is 11.1 Å². The van der Waals surface area contributed by atoms with E-state index in [1.807, 2.05) is 32.9 Å². The van der Waals surface area contributed by atoms with Gasteiger partial charge >= 0.3 is 10.4 Å². The molecule has 2 saturated carbocycles. The molecule has 0 saturated heterocycles. The summed E-state index contributed by atoms with van der Waals surface area (Å²) >= 11 is 0. The van der Waals surface area contributed by atoms with E-state index in [9.17, 15) is 13.2 Å². The zero-order valence-electron chi connectivity index (χ0n) is 17.9. The summed E-state index contributed by atoms with van der Waals surface area (Å²) < 4.78 is 34.5. The van der Waals surface area contributed by atoms with Crippen molar-refractivity contribution in [2.75, 3.05) is 6.61 Å². The summed E-state index contributed by atoms with van der Waals surface area (Å²) in [5.74, 6) is 2.27. The molecular weight excluding hydrogens is 388 g/mol. The summed E-state index contributed by atoms with van der Waals surface area (Å²) in [6, 6.07) is 5.63. The lowest BCUT2D eigenvalue weighted by Crippen LogP contribution is -2.42. The molecule has 4 rings (SSSR count). The van der Waals surface area contributed by atoms with Crippen LogP contribution < -0.4 is 4.18 Å². The Labute approximate surface area is 174 Å². The standard InChI is InChI=1S/C23H32O5S/c1-22(2,3)14-27-29(25,26)28-16-6-8-17-15(13-16)5-7-19-18(17)11-12-23(4)20(19)9-10-21(23)24/h6,8,13,18-20H,5,7,9-12,14H2,1-4H3/t18-,19-,20+,23+/m1/s1. The first-order chi connectivity index (χ1) is 13.5. The van der Waals surface area contributed by atoms with Crippen molar-refractivity contribution in [3.63, 3.8) is 0 Å². The molecule has 29 heavy (non-hydrogen) atoms. The van der Waals surface area contributed by atoms with Crippen LogP contribution in [0.1, 0.15) is 76.8 Å². The second-order valence-corrected chi connectivity index (χ2v) is 11.7. The van der Waals surface area contributed by atoms with Crippen molar-refractivity contribution in [3.8, 4) is 5.75 Å². The number of carbonyl (C=O) groups is 1. The Bertz CT molecular complexity index is 914. The van der Waals surface area contributed by atoms with Gasteiger partial charge in [-0.15, -0.1) is 0 Å². The maximum absolute atomic E-state index is 12.5. The highest BCUT2D eigenvalue weighted by molar-refractivity contribution is 7.82. The van der Waals surface area contributed by atoms with E-state index < -0.39 is 10.4 Å². The molecule has 1 aromatic carbocycles. The number of fused-ring (bicyclic) bond motifs is 5. The largest absolute Gasteiger partial charge is 0.449 e. The number of aryl methyl sites for hydroxylation is 1. The molecule has 0 spiro atoms. The monoisotopic (exact) mass is 420 g/mol. The highest BCUT2D eigenvalue weighted by Crippen LogP contribution is 2.59. The molecule has 3 aliphatic rings. The van der Waals surface area contributed by atoms with Crippen LogP contribution in [0.25, 0.3) is 0 Å². The number of ketones is 1. The minimum absolute atomic E-state index is 0.0723. The third-order valence-electron chi connectivity index (χ3n) is 7.24. The Kier molecular flexibility index (Phi) is 5.10. The van der Waals surface area contributed by atoms with Gasteiger partial charge in [0.15, 0.2) is 0 Å². The van der Waals surface area contributed by atoms with Gasteiger partial charge < -0.3 is 4.18 Å². The lowest BCUT2D eigenvalue weighted by molar-refractivity contribution is -0.129. The van der Waals surface area contributed by atoms with E-state index in [2.05, 4.69) is 6.92 Å². The Morgan fingerprint density at radius 3 is 2.62 bits per heavy atom. The van der Waals surface area contributed by atoms with Crippen LogP contribution >= 0.6 is 0 Å². The number of carbonyl (C=O) groups excluding carboxylic acids is 1. The van der Waals surface area contributed by atoms with E-state index in [-0.39, 0.29) is 17.4 Å². The topological polar surface area (TPSA) is 69.7 Å². The van der Waals surface area contributed by atoms with E-state index in [0.717, 1.165) is 38.5 Å². The Hall–Kier alpha value is -1.40. The van der Waals surface area contributed by atoms with Crippen molar-refractivity contribution in [1.82, 2.24) is 0 Å². The van der Waals surface area contributed by atoms with Crippen LogP contribution in [0.2, 0.25) is 0 Å². The minimum Gasteiger partial charge on any atom is -0.362 e. The van der Waals surface area contributed by atoms with Crippen molar-refractivity contribution >= 4 is 16.2 Å². The molecular formula is C23H32O5S. The molecule has 0 aromatic heterocycles. The summed E-state index contributed by atoms with van der Waals surface area (Å²) in [6.07, 6.45) is 5.71. The number of hydrogen-bond acceptors (Lipinski definition) is 5. The molecule has 2 fully saturated rings. The fourth-order valence-electron chi connectivity index (χ4n) is 5.77. The lowest BCUT2D eigenvalue weighted by atomic mass is 9.55. The Morgan fingerprint density at radius 1 is 1.14 bits per heavy atom. The van der Waals surface area contributed by atoms with Crippen LogP contribution in [0.5, 0.6) is 5.75 Å². The SMILES string of the molecule is CC(C)(C)COS(=O)(=O)Oc1ccc2c(c1)CC[C@@H]1[C@@H]2CC[C@]2(C)C(=O)CC[C@@H]12. The van der Waals surface area contributed by atoms with Crippen LogP contribution in [0.3, 0.4) is 0 Å². The number of hydrogen-bond donors (Lipinski definition) is 0. The molecule has 0 heterocycles.